The Kier molecular flexibility index (Phi) is 4.83. The average molecular weight is 399 g/mol. The van der Waals surface area contributed by atoms with Crippen LogP contribution in [0.2, 0.25) is 5.02 Å². The van der Waals surface area contributed by atoms with Crippen LogP contribution in [-0.2, 0) is 13.1 Å². The molecule has 0 saturated carbocycles. The maximum absolute atomic E-state index is 13.0. The van der Waals surface area contributed by atoms with Crippen molar-refractivity contribution in [3.63, 3.8) is 0 Å². The molecule has 3 aromatic rings. The molecule has 2 amide bonds. The van der Waals surface area contributed by atoms with Gasteiger partial charge in [0, 0.05) is 29.9 Å². The van der Waals surface area contributed by atoms with E-state index in [0.29, 0.717) is 36.0 Å². The molecule has 1 aromatic heterocycles. The lowest BCUT2D eigenvalue weighted by Crippen LogP contribution is -2.39. The lowest BCUT2D eigenvalue weighted by Gasteiger charge is -2.27. The van der Waals surface area contributed by atoms with E-state index in [1.165, 1.54) is 35.0 Å². The van der Waals surface area contributed by atoms with E-state index in [1.54, 1.807) is 11.0 Å². The topological polar surface area (TPSA) is 67.2 Å². The summed E-state index contributed by atoms with van der Waals surface area (Å²) in [6.07, 6.45) is 0. The Hall–Kier alpha value is -3.19. The Morgan fingerprint density at radius 2 is 1.89 bits per heavy atom. The van der Waals surface area contributed by atoms with Crippen LogP contribution in [0.25, 0.3) is 0 Å². The lowest BCUT2D eigenvalue weighted by molar-refractivity contribution is 0.0683. The number of benzene rings is 2. The number of hydrogen-bond donors (Lipinski definition) is 1. The van der Waals surface area contributed by atoms with E-state index in [9.17, 15) is 14.0 Å². The number of aromatic nitrogens is 2. The first kappa shape index (κ1) is 18.2. The number of anilines is 1. The second-order valence-corrected chi connectivity index (χ2v) is 6.82. The summed E-state index contributed by atoms with van der Waals surface area (Å²) in [5, 5.41) is 7.48. The molecule has 0 fully saturated rings. The van der Waals surface area contributed by atoms with Crippen molar-refractivity contribution in [2.75, 3.05) is 11.9 Å². The molecule has 0 aliphatic carbocycles. The molecule has 0 unspecified atom stereocenters. The van der Waals surface area contributed by atoms with Gasteiger partial charge in [-0.1, -0.05) is 29.8 Å². The number of amides is 2. The third-order valence-electron chi connectivity index (χ3n) is 4.52. The van der Waals surface area contributed by atoms with Crippen molar-refractivity contribution in [1.29, 1.82) is 0 Å². The molecule has 142 valence electrons. The van der Waals surface area contributed by atoms with Gasteiger partial charge in [-0.25, -0.2) is 4.39 Å². The molecule has 2 aromatic carbocycles. The molecule has 0 atom stereocenters. The van der Waals surface area contributed by atoms with E-state index >= 15 is 0 Å². The van der Waals surface area contributed by atoms with Gasteiger partial charge in [-0.05, 0) is 35.9 Å². The van der Waals surface area contributed by atoms with E-state index in [4.69, 9.17) is 11.6 Å². The Labute approximate surface area is 165 Å². The van der Waals surface area contributed by atoms with E-state index in [0.717, 1.165) is 5.56 Å². The summed E-state index contributed by atoms with van der Waals surface area (Å²) in [6.45, 7) is 1.34. The van der Waals surface area contributed by atoms with Gasteiger partial charge in [0.1, 0.15) is 11.5 Å². The molecule has 0 bridgehead atoms. The summed E-state index contributed by atoms with van der Waals surface area (Å²) in [5.41, 5.74) is 1.79. The van der Waals surface area contributed by atoms with Crippen LogP contribution in [0, 0.1) is 5.82 Å². The van der Waals surface area contributed by atoms with Gasteiger partial charge in [0.25, 0.3) is 11.8 Å². The molecule has 1 N–H and O–H groups in total. The van der Waals surface area contributed by atoms with Crippen LogP contribution in [0.5, 0.6) is 0 Å². The maximum Gasteiger partial charge on any atom is 0.276 e. The fraction of sp³-hybridized carbons (Fsp3) is 0.150. The van der Waals surface area contributed by atoms with Gasteiger partial charge >= 0.3 is 0 Å². The summed E-state index contributed by atoms with van der Waals surface area (Å²) in [4.78, 5) is 26.9. The van der Waals surface area contributed by atoms with Gasteiger partial charge in [0.05, 0.1) is 6.54 Å². The highest BCUT2D eigenvalue weighted by Gasteiger charge is 2.28. The van der Waals surface area contributed by atoms with Crippen molar-refractivity contribution < 1.29 is 14.0 Å². The van der Waals surface area contributed by atoms with Gasteiger partial charge < -0.3 is 10.2 Å². The first-order valence-electron chi connectivity index (χ1n) is 8.69. The van der Waals surface area contributed by atoms with Crippen molar-refractivity contribution in [3.05, 3.63) is 82.4 Å². The minimum atomic E-state index is -0.459. The molecule has 4 rings (SSSR count). The number of carbonyl (C=O) groups is 2. The Morgan fingerprint density at radius 1 is 1.14 bits per heavy atom. The number of rotatable bonds is 4. The molecule has 2 heterocycles. The smallest absolute Gasteiger partial charge is 0.276 e. The number of nitrogens with zero attached hydrogens (tertiary/aromatic N) is 3. The van der Waals surface area contributed by atoms with Crippen LogP contribution in [0.3, 0.4) is 0 Å². The van der Waals surface area contributed by atoms with Gasteiger partial charge in [-0.15, -0.1) is 0 Å². The van der Waals surface area contributed by atoms with Crippen molar-refractivity contribution in [2.45, 2.75) is 13.1 Å². The average Bonchev–Trinajstić information content (AvgIpc) is 3.13. The first-order valence-corrected chi connectivity index (χ1v) is 9.06. The van der Waals surface area contributed by atoms with E-state index < -0.39 is 5.91 Å². The van der Waals surface area contributed by atoms with Crippen LogP contribution in [0.4, 0.5) is 10.1 Å². The summed E-state index contributed by atoms with van der Waals surface area (Å²) >= 11 is 6.19. The summed E-state index contributed by atoms with van der Waals surface area (Å²) in [6, 6.07) is 14.3. The van der Waals surface area contributed by atoms with E-state index in [2.05, 4.69) is 10.4 Å². The van der Waals surface area contributed by atoms with Crippen LogP contribution >= 0.6 is 11.6 Å². The van der Waals surface area contributed by atoms with Crippen LogP contribution in [0.1, 0.15) is 26.5 Å². The Bertz CT molecular complexity index is 1050. The third kappa shape index (κ3) is 3.61. The molecule has 0 saturated heterocycles. The van der Waals surface area contributed by atoms with E-state index in [1.807, 2.05) is 18.2 Å². The quantitative estimate of drug-likeness (QED) is 0.730. The Balaban J connectivity index is 1.50. The van der Waals surface area contributed by atoms with Gasteiger partial charge in [-0.3, -0.25) is 14.3 Å². The minimum absolute atomic E-state index is 0.132. The SMILES string of the molecule is O=C(Nc1ccc(F)cc1)c1cc2n(n1)CCN(Cc1ccccc1Cl)C2=O. The summed E-state index contributed by atoms with van der Waals surface area (Å²) < 4.78 is 14.5. The second-order valence-electron chi connectivity index (χ2n) is 6.42. The zero-order valence-corrected chi connectivity index (χ0v) is 15.5. The highest BCUT2D eigenvalue weighted by Crippen LogP contribution is 2.21. The van der Waals surface area contributed by atoms with Crippen LogP contribution in [0.15, 0.2) is 54.6 Å². The fourth-order valence-electron chi connectivity index (χ4n) is 3.06. The zero-order chi connectivity index (χ0) is 19.7. The van der Waals surface area contributed by atoms with E-state index in [-0.39, 0.29) is 17.4 Å². The number of fused-ring (bicyclic) bond motifs is 1. The predicted molar refractivity (Wildman–Crippen MR) is 103 cm³/mol. The molecule has 1 aliphatic heterocycles. The normalized spacial score (nSPS) is 13.4. The molecular formula is C20H16ClFN4O2. The molecule has 0 spiro atoms. The van der Waals surface area contributed by atoms with Gasteiger partial charge in [-0.2, -0.15) is 5.10 Å². The third-order valence-corrected chi connectivity index (χ3v) is 4.89. The zero-order valence-electron chi connectivity index (χ0n) is 14.7. The van der Waals surface area contributed by atoms with Crippen molar-refractivity contribution in [1.82, 2.24) is 14.7 Å². The Morgan fingerprint density at radius 3 is 2.64 bits per heavy atom. The largest absolute Gasteiger partial charge is 0.331 e. The lowest BCUT2D eigenvalue weighted by atomic mass is 10.2. The highest BCUT2D eigenvalue weighted by atomic mass is 35.5. The number of carbonyl (C=O) groups excluding carboxylic acids is 2. The molecule has 8 heteroatoms. The van der Waals surface area contributed by atoms with Crippen LogP contribution in [-0.4, -0.2) is 33.0 Å². The molecule has 6 nitrogen and oxygen atoms in total. The molecular weight excluding hydrogens is 383 g/mol. The predicted octanol–water partition coefficient (Wildman–Crippen LogP) is 3.58. The van der Waals surface area contributed by atoms with Crippen LogP contribution < -0.4 is 5.32 Å². The maximum atomic E-state index is 13.0. The second kappa shape index (κ2) is 7.44. The van der Waals surface area contributed by atoms with Crippen molar-refractivity contribution in [3.8, 4) is 0 Å². The number of halogens is 2. The number of hydrogen-bond acceptors (Lipinski definition) is 3. The monoisotopic (exact) mass is 398 g/mol. The first-order chi connectivity index (χ1) is 13.5. The molecule has 28 heavy (non-hydrogen) atoms. The summed E-state index contributed by atoms with van der Waals surface area (Å²) in [7, 11) is 0. The van der Waals surface area contributed by atoms with Gasteiger partial charge in [0.15, 0.2) is 5.69 Å². The molecule has 1 aliphatic rings. The fourth-order valence-corrected chi connectivity index (χ4v) is 3.26. The number of nitrogens with one attached hydrogen (secondary N) is 1. The highest BCUT2D eigenvalue weighted by molar-refractivity contribution is 6.31. The standard InChI is InChI=1S/C20H16ClFN4O2/c21-16-4-2-1-3-13(16)12-25-9-10-26-18(20(25)28)11-17(24-26)19(27)23-15-7-5-14(22)6-8-15/h1-8,11H,9-10,12H2,(H,23,27). The van der Waals surface area contributed by atoms with Crippen molar-refractivity contribution in [2.24, 2.45) is 0 Å². The molecule has 0 radical (unpaired) electrons. The van der Waals surface area contributed by atoms with Crippen molar-refractivity contribution >= 4 is 29.1 Å². The minimum Gasteiger partial charge on any atom is -0.331 e. The van der Waals surface area contributed by atoms with Gasteiger partial charge in [0.2, 0.25) is 0 Å². The summed E-state index contributed by atoms with van der Waals surface area (Å²) in [5.74, 6) is -1.06.